The van der Waals surface area contributed by atoms with Crippen molar-refractivity contribution in [2.24, 2.45) is 11.3 Å². The number of rotatable bonds is 10. The van der Waals surface area contributed by atoms with Crippen molar-refractivity contribution in [3.05, 3.63) is 6.33 Å². The summed E-state index contributed by atoms with van der Waals surface area (Å²) in [5.74, 6) is 0.493. The first-order valence-corrected chi connectivity index (χ1v) is 13.7. The third-order valence-electron chi connectivity index (χ3n) is 7.61. The van der Waals surface area contributed by atoms with Gasteiger partial charge in [0.05, 0.1) is 17.8 Å². The maximum absolute atomic E-state index is 16.6. The zero-order valence-electron chi connectivity index (χ0n) is 23.5. The van der Waals surface area contributed by atoms with E-state index in [0.29, 0.717) is 29.3 Å². The fraction of sp³-hybridized carbons (Fsp3) is 0.741. The number of nitrogens with two attached hydrogens (primary N) is 1. The number of nitrogens with one attached hydrogen (secondary N) is 1. The molecule has 39 heavy (non-hydrogen) atoms. The highest BCUT2D eigenvalue weighted by Crippen LogP contribution is 2.45. The van der Waals surface area contributed by atoms with E-state index in [1.54, 1.807) is 27.8 Å². The normalized spacial score (nSPS) is 26.2. The number of carbonyl (C=O) groups excluding carboxylic acids is 2. The number of ether oxygens (including phenoxy) is 3. The molecule has 1 aliphatic heterocycles. The van der Waals surface area contributed by atoms with Gasteiger partial charge in [-0.05, 0) is 40.0 Å². The number of imidazole rings is 1. The van der Waals surface area contributed by atoms with Crippen LogP contribution in [0.5, 0.6) is 0 Å². The maximum Gasteiger partial charge on any atom is 0.313 e. The van der Waals surface area contributed by atoms with Crippen molar-refractivity contribution in [2.75, 3.05) is 24.9 Å². The number of nitrogen functional groups attached to an aromatic ring is 1. The second-order valence-electron chi connectivity index (χ2n) is 11.9. The summed E-state index contributed by atoms with van der Waals surface area (Å²) in [6.07, 6.45) is 5.13. The molecule has 4 atom stereocenters. The molecule has 2 aromatic rings. The van der Waals surface area contributed by atoms with Crippen LogP contribution in [0.4, 0.5) is 16.2 Å². The summed E-state index contributed by atoms with van der Waals surface area (Å²) in [6, 6.07) is 0. The Morgan fingerprint density at radius 3 is 2.64 bits per heavy atom. The summed E-state index contributed by atoms with van der Waals surface area (Å²) in [6.45, 7) is 6.10. The largest absolute Gasteiger partial charge is 0.438 e. The lowest BCUT2D eigenvalue weighted by Gasteiger charge is -2.28. The van der Waals surface area contributed by atoms with Gasteiger partial charge in [0.2, 0.25) is 5.95 Å². The molecule has 0 aromatic carbocycles. The fourth-order valence-corrected chi connectivity index (χ4v) is 5.48. The van der Waals surface area contributed by atoms with Gasteiger partial charge in [-0.1, -0.05) is 32.1 Å². The summed E-state index contributed by atoms with van der Waals surface area (Å²) in [5.41, 5.74) is 3.78. The van der Waals surface area contributed by atoms with Gasteiger partial charge in [0, 0.05) is 19.9 Å². The summed E-state index contributed by atoms with van der Waals surface area (Å²) in [4.78, 5) is 37.8. The van der Waals surface area contributed by atoms with E-state index in [2.05, 4.69) is 20.3 Å². The van der Waals surface area contributed by atoms with Gasteiger partial charge >= 0.3 is 5.97 Å². The van der Waals surface area contributed by atoms with Gasteiger partial charge < -0.3 is 25.3 Å². The van der Waals surface area contributed by atoms with E-state index in [0.717, 1.165) is 25.7 Å². The van der Waals surface area contributed by atoms with Crippen LogP contribution in [0, 0.1) is 11.3 Å². The Morgan fingerprint density at radius 1 is 1.26 bits per heavy atom. The van der Waals surface area contributed by atoms with Gasteiger partial charge in [-0.2, -0.15) is 9.97 Å². The molecule has 2 aliphatic rings. The topological polar surface area (TPSA) is 143 Å². The van der Waals surface area contributed by atoms with Gasteiger partial charge in [-0.15, -0.1) is 0 Å². The molecule has 2 aromatic heterocycles. The van der Waals surface area contributed by atoms with Crippen molar-refractivity contribution in [1.29, 1.82) is 0 Å². The Bertz CT molecular complexity index is 1170. The highest BCUT2D eigenvalue weighted by atomic mass is 19.1. The Hall–Kier alpha value is -2.86. The number of nitrogens with zero attached hydrogens (tertiary/aromatic N) is 4. The Kier molecular flexibility index (Phi) is 8.75. The molecule has 0 amide bonds. The molecule has 3 heterocycles. The van der Waals surface area contributed by atoms with E-state index in [1.807, 2.05) is 0 Å². The highest BCUT2D eigenvalue weighted by Gasteiger charge is 2.57. The molecule has 1 saturated carbocycles. The molecule has 2 fully saturated rings. The van der Waals surface area contributed by atoms with Crippen molar-refractivity contribution >= 4 is 34.7 Å². The summed E-state index contributed by atoms with van der Waals surface area (Å²) in [7, 11) is 1.68. The minimum Gasteiger partial charge on any atom is -0.438 e. The number of ketones is 1. The molecular weight excluding hydrogens is 507 g/mol. The lowest BCUT2D eigenvalue weighted by atomic mass is 9.85. The lowest BCUT2D eigenvalue weighted by Crippen LogP contribution is -2.42. The maximum atomic E-state index is 16.6. The van der Waals surface area contributed by atoms with Gasteiger partial charge in [0.25, 0.3) is 0 Å². The summed E-state index contributed by atoms with van der Waals surface area (Å²) in [5, 5.41) is 2.92. The number of hydrogen-bond donors (Lipinski definition) is 2. The molecule has 0 unspecified atom stereocenters. The first-order valence-electron chi connectivity index (χ1n) is 13.7. The predicted octanol–water partition coefficient (Wildman–Crippen LogP) is 4.33. The van der Waals surface area contributed by atoms with E-state index >= 15 is 4.39 Å². The average molecular weight is 549 g/mol. The number of alkyl halides is 1. The minimum atomic E-state index is -2.08. The molecule has 1 saturated heterocycles. The Morgan fingerprint density at radius 2 is 1.97 bits per heavy atom. The first-order chi connectivity index (χ1) is 18.4. The second-order valence-corrected chi connectivity index (χ2v) is 11.9. The standard InChI is InChI=1S/C27H41FN6O5/c1-26(2,3)24(36)38-15-37-20-18(12-11-17(35)13-16-9-7-6-8-10-16)39-23(27(20,4)28)34-14-31-19-21(30-5)32-25(29)33-22(19)34/h14,16,18,20,23H,6-13,15H2,1-5H3,(H3,29,30,32,33)/t18-,20-,23-,27-/m1/s1. The van der Waals surface area contributed by atoms with Crippen molar-refractivity contribution < 1.29 is 28.2 Å². The van der Waals surface area contributed by atoms with Crippen molar-refractivity contribution in [2.45, 2.75) is 103 Å². The quantitative estimate of drug-likeness (QED) is 0.325. The number of fused-ring (bicyclic) bond motifs is 1. The van der Waals surface area contributed by atoms with Crippen LogP contribution < -0.4 is 11.1 Å². The van der Waals surface area contributed by atoms with Crippen LogP contribution in [-0.4, -0.2) is 63.0 Å². The van der Waals surface area contributed by atoms with E-state index in [1.165, 1.54) is 24.2 Å². The molecule has 12 heteroatoms. The molecule has 11 nitrogen and oxygen atoms in total. The van der Waals surface area contributed by atoms with Crippen LogP contribution in [0.15, 0.2) is 6.33 Å². The molecule has 3 N–H and O–H groups in total. The average Bonchev–Trinajstić information content (AvgIpc) is 3.39. The molecule has 1 aliphatic carbocycles. The number of halogens is 1. The van der Waals surface area contributed by atoms with Crippen LogP contribution in [0.25, 0.3) is 11.2 Å². The number of aromatic nitrogens is 4. The van der Waals surface area contributed by atoms with Gasteiger partial charge in [-0.25, -0.2) is 9.37 Å². The number of anilines is 2. The highest BCUT2D eigenvalue weighted by molar-refractivity contribution is 5.84. The molecule has 0 bridgehead atoms. The molecule has 216 valence electrons. The SMILES string of the molecule is CNc1nc(N)nc2c1ncn2[C@@H]1O[C@H](CCC(=O)CC2CCCCC2)[C@@H](OCOC(=O)C(C)(C)C)[C@@]1(C)F. The van der Waals surface area contributed by atoms with E-state index in [4.69, 9.17) is 19.9 Å². The fourth-order valence-electron chi connectivity index (χ4n) is 5.48. The Balaban J connectivity index is 1.54. The van der Waals surface area contributed by atoms with Crippen LogP contribution in [0.1, 0.15) is 85.3 Å². The predicted molar refractivity (Wildman–Crippen MR) is 143 cm³/mol. The first kappa shape index (κ1) is 29.1. The zero-order valence-corrected chi connectivity index (χ0v) is 23.5. The Labute approximate surface area is 228 Å². The monoisotopic (exact) mass is 548 g/mol. The zero-order chi connectivity index (χ0) is 28.4. The number of esters is 1. The van der Waals surface area contributed by atoms with E-state index < -0.39 is 42.3 Å². The van der Waals surface area contributed by atoms with Gasteiger partial charge in [-0.3, -0.25) is 14.2 Å². The molecule has 0 spiro atoms. The number of hydrogen-bond acceptors (Lipinski definition) is 10. The number of Topliss-reactive ketones (excluding diaryl/α,β-unsaturated/α-hetero) is 1. The lowest BCUT2D eigenvalue weighted by molar-refractivity contribution is -0.178. The van der Waals surface area contributed by atoms with Crippen molar-refractivity contribution in [3.63, 3.8) is 0 Å². The molecule has 4 rings (SSSR count). The second kappa shape index (κ2) is 11.7. The third kappa shape index (κ3) is 6.49. The van der Waals surface area contributed by atoms with Crippen molar-refractivity contribution in [3.8, 4) is 0 Å². The summed E-state index contributed by atoms with van der Waals surface area (Å²) >= 11 is 0. The van der Waals surface area contributed by atoms with Crippen LogP contribution >= 0.6 is 0 Å². The van der Waals surface area contributed by atoms with Crippen LogP contribution in [0.3, 0.4) is 0 Å². The molecular formula is C27H41FN6O5. The van der Waals surface area contributed by atoms with Gasteiger partial charge in [0.15, 0.2) is 35.7 Å². The minimum absolute atomic E-state index is 0.00101. The smallest absolute Gasteiger partial charge is 0.313 e. The van der Waals surface area contributed by atoms with Gasteiger partial charge in [0.1, 0.15) is 11.9 Å². The molecule has 0 radical (unpaired) electrons. The van der Waals surface area contributed by atoms with Crippen molar-refractivity contribution in [1.82, 2.24) is 19.5 Å². The van der Waals surface area contributed by atoms with E-state index in [9.17, 15) is 9.59 Å². The number of carbonyl (C=O) groups is 2. The van der Waals surface area contributed by atoms with Crippen LogP contribution in [0.2, 0.25) is 0 Å². The summed E-state index contributed by atoms with van der Waals surface area (Å²) < 4.78 is 35.4. The third-order valence-corrected chi connectivity index (χ3v) is 7.61. The van der Waals surface area contributed by atoms with Crippen LogP contribution in [-0.2, 0) is 23.8 Å². The van der Waals surface area contributed by atoms with E-state index in [-0.39, 0.29) is 24.6 Å².